The van der Waals surface area contributed by atoms with E-state index in [9.17, 15) is 0 Å². The molecule has 1 aromatic rings. The minimum Gasteiger partial charge on any atom is -0.351 e. The number of hydrogen-bond donors (Lipinski definition) is 2. The molecule has 16 heavy (non-hydrogen) atoms. The van der Waals surface area contributed by atoms with Crippen molar-refractivity contribution in [3.05, 3.63) is 17.5 Å². The molecule has 1 fully saturated rings. The molecule has 1 aliphatic rings. The molecular formula is C12H20N4. The maximum absolute atomic E-state index is 5.60. The topological polar surface area (TPSA) is 63.8 Å². The van der Waals surface area contributed by atoms with Gasteiger partial charge in [-0.3, -0.25) is 0 Å². The monoisotopic (exact) mass is 220 g/mol. The van der Waals surface area contributed by atoms with E-state index < -0.39 is 0 Å². The van der Waals surface area contributed by atoms with Gasteiger partial charge >= 0.3 is 0 Å². The Bertz CT molecular complexity index is 364. The lowest BCUT2D eigenvalue weighted by Crippen LogP contribution is -2.18. The summed E-state index contributed by atoms with van der Waals surface area (Å²) in [6, 6.07) is 2.46. The normalized spacial score (nSPS) is 24.7. The van der Waals surface area contributed by atoms with Crippen LogP contribution in [0.25, 0.3) is 0 Å². The molecule has 1 saturated carbocycles. The Balaban J connectivity index is 2.06. The van der Waals surface area contributed by atoms with E-state index in [1.807, 2.05) is 13.0 Å². The summed E-state index contributed by atoms with van der Waals surface area (Å²) in [5.41, 5.74) is 7.48. The summed E-state index contributed by atoms with van der Waals surface area (Å²) in [6.07, 6.45) is 3.74. The van der Waals surface area contributed by atoms with Gasteiger partial charge in [-0.2, -0.15) is 0 Å². The fraction of sp³-hybridized carbons (Fsp3) is 0.667. The van der Waals surface area contributed by atoms with Gasteiger partial charge in [0.15, 0.2) is 0 Å². The Morgan fingerprint density at radius 2 is 2.25 bits per heavy atom. The average Bonchev–Trinajstić information content (AvgIpc) is 2.63. The van der Waals surface area contributed by atoms with E-state index in [4.69, 9.17) is 5.73 Å². The van der Waals surface area contributed by atoms with Gasteiger partial charge in [-0.15, -0.1) is 0 Å². The van der Waals surface area contributed by atoms with E-state index in [1.165, 1.54) is 19.3 Å². The Hall–Kier alpha value is -1.16. The van der Waals surface area contributed by atoms with E-state index >= 15 is 0 Å². The minimum atomic E-state index is 0.471. The van der Waals surface area contributed by atoms with Gasteiger partial charge in [0.2, 0.25) is 5.95 Å². The van der Waals surface area contributed by atoms with E-state index in [1.54, 1.807) is 0 Å². The molecule has 1 heterocycles. The molecule has 2 unspecified atom stereocenters. The minimum absolute atomic E-state index is 0.471. The molecule has 0 aromatic carbocycles. The first kappa shape index (κ1) is 11.3. The first-order valence-electron chi connectivity index (χ1n) is 5.98. The maximum atomic E-state index is 5.60. The van der Waals surface area contributed by atoms with Crippen LogP contribution in [0.2, 0.25) is 0 Å². The van der Waals surface area contributed by atoms with Crippen LogP contribution in [-0.2, 0) is 6.54 Å². The summed E-state index contributed by atoms with van der Waals surface area (Å²) >= 11 is 0. The van der Waals surface area contributed by atoms with Crippen molar-refractivity contribution >= 4 is 5.95 Å². The average molecular weight is 220 g/mol. The lowest BCUT2D eigenvalue weighted by atomic mass is 10.1. The Kier molecular flexibility index (Phi) is 3.39. The van der Waals surface area contributed by atoms with Gasteiger partial charge < -0.3 is 11.1 Å². The van der Waals surface area contributed by atoms with Crippen molar-refractivity contribution in [3.63, 3.8) is 0 Å². The van der Waals surface area contributed by atoms with Crippen LogP contribution in [0.3, 0.4) is 0 Å². The van der Waals surface area contributed by atoms with Gasteiger partial charge in [-0.1, -0.05) is 6.92 Å². The third-order valence-corrected chi connectivity index (χ3v) is 3.14. The molecule has 0 bridgehead atoms. The van der Waals surface area contributed by atoms with Crippen molar-refractivity contribution in [2.45, 2.75) is 45.7 Å². The zero-order valence-electron chi connectivity index (χ0n) is 10.0. The molecule has 2 atom stereocenters. The van der Waals surface area contributed by atoms with E-state index in [2.05, 4.69) is 22.2 Å². The Morgan fingerprint density at radius 3 is 2.88 bits per heavy atom. The zero-order valence-corrected chi connectivity index (χ0v) is 10.0. The second-order valence-corrected chi connectivity index (χ2v) is 4.79. The molecule has 4 heteroatoms. The third-order valence-electron chi connectivity index (χ3n) is 3.14. The molecule has 0 radical (unpaired) electrons. The highest BCUT2D eigenvalue weighted by molar-refractivity contribution is 5.29. The van der Waals surface area contributed by atoms with Gasteiger partial charge in [0.05, 0.1) is 5.69 Å². The third kappa shape index (κ3) is 2.70. The number of nitrogens with zero attached hydrogens (tertiary/aromatic N) is 2. The maximum Gasteiger partial charge on any atom is 0.223 e. The van der Waals surface area contributed by atoms with Crippen LogP contribution in [-0.4, -0.2) is 16.0 Å². The number of aromatic nitrogens is 2. The second-order valence-electron chi connectivity index (χ2n) is 4.79. The van der Waals surface area contributed by atoms with Gasteiger partial charge in [-0.25, -0.2) is 9.97 Å². The predicted molar refractivity (Wildman–Crippen MR) is 65.1 cm³/mol. The van der Waals surface area contributed by atoms with Crippen LogP contribution in [0.1, 0.15) is 37.6 Å². The smallest absolute Gasteiger partial charge is 0.223 e. The van der Waals surface area contributed by atoms with Crippen molar-refractivity contribution in [2.24, 2.45) is 11.7 Å². The summed E-state index contributed by atoms with van der Waals surface area (Å²) in [5.74, 6) is 1.55. The Morgan fingerprint density at radius 1 is 1.44 bits per heavy atom. The molecular weight excluding hydrogens is 200 g/mol. The number of rotatable bonds is 3. The van der Waals surface area contributed by atoms with Crippen molar-refractivity contribution < 1.29 is 0 Å². The van der Waals surface area contributed by atoms with Gasteiger partial charge in [0.25, 0.3) is 0 Å². The number of aryl methyl sites for hydroxylation is 1. The SMILES string of the molecule is Cc1cc(CN)nc(NC2CCC(C)C2)n1. The molecule has 0 amide bonds. The molecule has 2 rings (SSSR count). The van der Waals surface area contributed by atoms with Crippen molar-refractivity contribution in [3.8, 4) is 0 Å². The van der Waals surface area contributed by atoms with E-state index in [-0.39, 0.29) is 0 Å². The summed E-state index contributed by atoms with van der Waals surface area (Å²) in [6.45, 7) is 4.74. The largest absolute Gasteiger partial charge is 0.351 e. The van der Waals surface area contributed by atoms with Crippen molar-refractivity contribution in [2.75, 3.05) is 5.32 Å². The lowest BCUT2D eigenvalue weighted by molar-refractivity contribution is 0.601. The highest BCUT2D eigenvalue weighted by Gasteiger charge is 2.21. The molecule has 4 nitrogen and oxygen atoms in total. The number of hydrogen-bond acceptors (Lipinski definition) is 4. The summed E-state index contributed by atoms with van der Waals surface area (Å²) in [7, 11) is 0. The molecule has 88 valence electrons. The first-order chi connectivity index (χ1) is 7.67. The standard InChI is InChI=1S/C12H20N4/c1-8-3-4-10(5-8)15-12-14-9(2)6-11(7-13)16-12/h6,8,10H,3-5,7,13H2,1-2H3,(H,14,15,16). The lowest BCUT2D eigenvalue weighted by Gasteiger charge is -2.13. The molecule has 1 aliphatic carbocycles. The number of nitrogens with two attached hydrogens (primary N) is 1. The molecule has 0 spiro atoms. The number of anilines is 1. The molecule has 1 aromatic heterocycles. The summed E-state index contributed by atoms with van der Waals surface area (Å²) in [4.78, 5) is 8.79. The molecule has 0 aliphatic heterocycles. The molecule has 3 N–H and O–H groups in total. The number of nitrogens with one attached hydrogen (secondary N) is 1. The first-order valence-corrected chi connectivity index (χ1v) is 5.98. The summed E-state index contributed by atoms with van der Waals surface area (Å²) in [5, 5.41) is 3.41. The second kappa shape index (κ2) is 4.78. The van der Waals surface area contributed by atoms with Crippen molar-refractivity contribution in [1.82, 2.24) is 9.97 Å². The van der Waals surface area contributed by atoms with Crippen LogP contribution < -0.4 is 11.1 Å². The van der Waals surface area contributed by atoms with E-state index in [0.717, 1.165) is 23.3 Å². The predicted octanol–water partition coefficient (Wildman–Crippen LogP) is 1.84. The van der Waals surface area contributed by atoms with Gasteiger partial charge in [0, 0.05) is 18.3 Å². The van der Waals surface area contributed by atoms with Crippen LogP contribution in [0.4, 0.5) is 5.95 Å². The van der Waals surface area contributed by atoms with Crippen molar-refractivity contribution in [1.29, 1.82) is 0 Å². The van der Waals surface area contributed by atoms with Crippen LogP contribution in [0.15, 0.2) is 6.07 Å². The zero-order chi connectivity index (χ0) is 11.5. The highest BCUT2D eigenvalue weighted by atomic mass is 15.1. The van der Waals surface area contributed by atoms with Gasteiger partial charge in [0.1, 0.15) is 0 Å². The van der Waals surface area contributed by atoms with Crippen LogP contribution in [0.5, 0.6) is 0 Å². The summed E-state index contributed by atoms with van der Waals surface area (Å²) < 4.78 is 0. The Labute approximate surface area is 96.7 Å². The van der Waals surface area contributed by atoms with Gasteiger partial charge in [-0.05, 0) is 38.2 Å². The fourth-order valence-electron chi connectivity index (χ4n) is 2.32. The highest BCUT2D eigenvalue weighted by Crippen LogP contribution is 2.26. The van der Waals surface area contributed by atoms with E-state index in [0.29, 0.717) is 12.6 Å². The molecule has 0 saturated heterocycles. The quantitative estimate of drug-likeness (QED) is 0.816. The van der Waals surface area contributed by atoms with Crippen LogP contribution in [0, 0.1) is 12.8 Å². The van der Waals surface area contributed by atoms with Crippen LogP contribution >= 0.6 is 0 Å². The fourth-order valence-corrected chi connectivity index (χ4v) is 2.32.